The SMILES string of the molecule is c1cncc(CN2CCC(OCc3nc(-c4ccncc4)no3)CC2)c1. The molecular weight excluding hydrogens is 330 g/mol. The smallest absolute Gasteiger partial charge is 0.252 e. The molecule has 7 nitrogen and oxygen atoms in total. The number of pyridine rings is 2. The van der Waals surface area contributed by atoms with Crippen molar-refractivity contribution >= 4 is 0 Å². The maximum atomic E-state index is 5.97. The monoisotopic (exact) mass is 351 g/mol. The molecule has 0 bridgehead atoms. The lowest BCUT2D eigenvalue weighted by Gasteiger charge is -2.31. The number of rotatable bonds is 6. The van der Waals surface area contributed by atoms with Crippen molar-refractivity contribution < 1.29 is 9.26 Å². The molecule has 4 heterocycles. The van der Waals surface area contributed by atoms with Crippen molar-refractivity contribution in [1.82, 2.24) is 25.0 Å². The Hall–Kier alpha value is -2.64. The molecule has 0 N–H and O–H groups in total. The number of aromatic nitrogens is 4. The van der Waals surface area contributed by atoms with Crippen molar-refractivity contribution in [1.29, 1.82) is 0 Å². The summed E-state index contributed by atoms with van der Waals surface area (Å²) in [5.74, 6) is 1.08. The van der Waals surface area contributed by atoms with E-state index in [2.05, 4.69) is 31.1 Å². The zero-order chi connectivity index (χ0) is 17.6. The third kappa shape index (κ3) is 4.30. The van der Waals surface area contributed by atoms with Gasteiger partial charge in [-0.3, -0.25) is 14.9 Å². The van der Waals surface area contributed by atoms with E-state index in [1.54, 1.807) is 18.6 Å². The number of ether oxygens (including phenoxy) is 1. The fraction of sp³-hybridized carbons (Fsp3) is 0.368. The van der Waals surface area contributed by atoms with Crippen LogP contribution in [0.5, 0.6) is 0 Å². The van der Waals surface area contributed by atoms with Crippen molar-refractivity contribution in [3.8, 4) is 11.4 Å². The zero-order valence-corrected chi connectivity index (χ0v) is 14.5. The molecule has 0 aromatic carbocycles. The molecule has 1 aliphatic rings. The van der Waals surface area contributed by atoms with Gasteiger partial charge in [0.05, 0.1) is 6.10 Å². The number of hydrogen-bond donors (Lipinski definition) is 0. The number of nitrogens with zero attached hydrogens (tertiary/aromatic N) is 5. The van der Waals surface area contributed by atoms with Crippen LogP contribution >= 0.6 is 0 Å². The van der Waals surface area contributed by atoms with E-state index < -0.39 is 0 Å². The summed E-state index contributed by atoms with van der Waals surface area (Å²) in [7, 11) is 0. The van der Waals surface area contributed by atoms with E-state index in [1.807, 2.05) is 24.4 Å². The largest absolute Gasteiger partial charge is 0.368 e. The van der Waals surface area contributed by atoms with Gasteiger partial charge in [-0.25, -0.2) is 0 Å². The highest BCUT2D eigenvalue weighted by Gasteiger charge is 2.20. The summed E-state index contributed by atoms with van der Waals surface area (Å²) in [6.45, 7) is 3.34. The van der Waals surface area contributed by atoms with E-state index in [0.717, 1.165) is 38.0 Å². The average Bonchev–Trinajstić information content (AvgIpc) is 3.18. The molecule has 0 amide bonds. The van der Waals surface area contributed by atoms with Crippen molar-refractivity contribution in [3.63, 3.8) is 0 Å². The van der Waals surface area contributed by atoms with Gasteiger partial charge >= 0.3 is 0 Å². The third-order valence-corrected chi connectivity index (χ3v) is 4.51. The van der Waals surface area contributed by atoms with Crippen LogP contribution in [0.1, 0.15) is 24.3 Å². The Bertz CT molecular complexity index is 801. The third-order valence-electron chi connectivity index (χ3n) is 4.51. The topological polar surface area (TPSA) is 77.2 Å². The normalized spacial score (nSPS) is 16.0. The Morgan fingerprint density at radius 1 is 1.08 bits per heavy atom. The summed E-state index contributed by atoms with van der Waals surface area (Å²) in [5, 5.41) is 4.00. The molecule has 0 saturated carbocycles. The van der Waals surface area contributed by atoms with Gasteiger partial charge in [0.15, 0.2) is 0 Å². The summed E-state index contributed by atoms with van der Waals surface area (Å²) in [6, 6.07) is 7.81. The van der Waals surface area contributed by atoms with Crippen LogP contribution in [0.4, 0.5) is 0 Å². The predicted molar refractivity (Wildman–Crippen MR) is 94.9 cm³/mol. The molecule has 4 rings (SSSR count). The first kappa shape index (κ1) is 16.8. The van der Waals surface area contributed by atoms with Crippen molar-refractivity contribution in [3.05, 3.63) is 60.5 Å². The lowest BCUT2D eigenvalue weighted by molar-refractivity contribution is -0.0136. The molecule has 26 heavy (non-hydrogen) atoms. The number of hydrogen-bond acceptors (Lipinski definition) is 7. The Labute approximate surface area is 152 Å². The van der Waals surface area contributed by atoms with Crippen molar-refractivity contribution in [2.75, 3.05) is 13.1 Å². The second-order valence-corrected chi connectivity index (χ2v) is 6.40. The lowest BCUT2D eigenvalue weighted by Crippen LogP contribution is -2.36. The Morgan fingerprint density at radius 2 is 1.92 bits per heavy atom. The molecule has 1 aliphatic heterocycles. The highest BCUT2D eigenvalue weighted by atomic mass is 16.5. The molecule has 1 fully saturated rings. The van der Waals surface area contributed by atoms with Crippen LogP contribution in [0.25, 0.3) is 11.4 Å². The van der Waals surface area contributed by atoms with Gasteiger partial charge in [-0.1, -0.05) is 11.2 Å². The summed E-state index contributed by atoms with van der Waals surface area (Å²) < 4.78 is 11.3. The molecule has 0 spiro atoms. The van der Waals surface area contributed by atoms with Crippen LogP contribution in [-0.2, 0) is 17.9 Å². The van der Waals surface area contributed by atoms with Crippen molar-refractivity contribution in [2.24, 2.45) is 0 Å². The molecular formula is C19H21N5O2. The van der Waals surface area contributed by atoms with Crippen LogP contribution in [0.2, 0.25) is 0 Å². The van der Waals surface area contributed by atoms with Crippen molar-refractivity contribution in [2.45, 2.75) is 32.1 Å². The van der Waals surface area contributed by atoms with Gasteiger partial charge < -0.3 is 9.26 Å². The van der Waals surface area contributed by atoms with Gasteiger partial charge in [0.2, 0.25) is 5.82 Å². The van der Waals surface area contributed by atoms with E-state index in [9.17, 15) is 0 Å². The highest BCUT2D eigenvalue weighted by molar-refractivity contribution is 5.52. The molecule has 7 heteroatoms. The first-order valence-electron chi connectivity index (χ1n) is 8.83. The summed E-state index contributed by atoms with van der Waals surface area (Å²) >= 11 is 0. The molecule has 1 saturated heterocycles. The van der Waals surface area contributed by atoms with Crippen LogP contribution in [0, 0.1) is 0 Å². The predicted octanol–water partition coefficient (Wildman–Crippen LogP) is 2.71. The van der Waals surface area contributed by atoms with E-state index in [0.29, 0.717) is 18.3 Å². The van der Waals surface area contributed by atoms with Gasteiger partial charge in [0.25, 0.3) is 5.89 Å². The fourth-order valence-electron chi connectivity index (χ4n) is 3.10. The summed E-state index contributed by atoms with van der Waals surface area (Å²) in [4.78, 5) is 15.0. The fourth-order valence-corrected chi connectivity index (χ4v) is 3.10. The summed E-state index contributed by atoms with van der Waals surface area (Å²) in [5.41, 5.74) is 2.14. The second kappa shape index (κ2) is 8.16. The first-order chi connectivity index (χ1) is 12.9. The lowest BCUT2D eigenvalue weighted by atomic mass is 10.1. The van der Waals surface area contributed by atoms with Crippen LogP contribution in [-0.4, -0.2) is 44.2 Å². The molecule has 0 aliphatic carbocycles. The maximum Gasteiger partial charge on any atom is 0.252 e. The minimum absolute atomic E-state index is 0.233. The Balaban J connectivity index is 1.23. The van der Waals surface area contributed by atoms with E-state index in [1.165, 1.54) is 5.56 Å². The molecule has 3 aromatic rings. The minimum Gasteiger partial charge on any atom is -0.368 e. The first-order valence-corrected chi connectivity index (χ1v) is 8.83. The Kier molecular flexibility index (Phi) is 5.27. The average molecular weight is 351 g/mol. The molecule has 0 atom stereocenters. The van der Waals surface area contributed by atoms with Crippen LogP contribution in [0.3, 0.4) is 0 Å². The van der Waals surface area contributed by atoms with E-state index >= 15 is 0 Å². The molecule has 3 aromatic heterocycles. The minimum atomic E-state index is 0.233. The summed E-state index contributed by atoms with van der Waals surface area (Å²) in [6.07, 6.45) is 9.40. The molecule has 134 valence electrons. The second-order valence-electron chi connectivity index (χ2n) is 6.40. The van der Waals surface area contributed by atoms with E-state index in [-0.39, 0.29) is 6.10 Å². The number of likely N-dealkylation sites (tertiary alicyclic amines) is 1. The van der Waals surface area contributed by atoms with E-state index in [4.69, 9.17) is 9.26 Å². The highest BCUT2D eigenvalue weighted by Crippen LogP contribution is 2.18. The van der Waals surface area contributed by atoms with Gasteiger partial charge in [-0.15, -0.1) is 0 Å². The van der Waals surface area contributed by atoms with Gasteiger partial charge in [0, 0.05) is 50.0 Å². The Morgan fingerprint density at radius 3 is 2.69 bits per heavy atom. The van der Waals surface area contributed by atoms with Crippen LogP contribution in [0.15, 0.2) is 53.6 Å². The zero-order valence-electron chi connectivity index (χ0n) is 14.5. The quantitative estimate of drug-likeness (QED) is 0.676. The molecule has 0 unspecified atom stereocenters. The van der Waals surface area contributed by atoms with Gasteiger partial charge in [0.1, 0.15) is 6.61 Å². The standard InChI is InChI=1S/C19H21N5O2/c1-2-15(12-21-7-1)13-24-10-5-17(6-11-24)25-14-18-22-19(23-26-18)16-3-8-20-9-4-16/h1-4,7-9,12,17H,5-6,10-11,13-14H2. The van der Waals surface area contributed by atoms with Gasteiger partial charge in [-0.05, 0) is 36.6 Å². The number of piperidine rings is 1. The maximum absolute atomic E-state index is 5.97. The molecule has 0 radical (unpaired) electrons. The van der Waals surface area contributed by atoms with Crippen LogP contribution < -0.4 is 0 Å². The van der Waals surface area contributed by atoms with Gasteiger partial charge in [-0.2, -0.15) is 4.98 Å².